The van der Waals surface area contributed by atoms with Crippen LogP contribution in [-0.2, 0) is 10.0 Å². The highest BCUT2D eigenvalue weighted by Gasteiger charge is 2.18. The van der Waals surface area contributed by atoms with Gasteiger partial charge in [0.2, 0.25) is 10.0 Å². The van der Waals surface area contributed by atoms with Crippen LogP contribution in [0.2, 0.25) is 0 Å². The molecule has 90 valence electrons. The Morgan fingerprint density at radius 1 is 1.31 bits per heavy atom. The van der Waals surface area contributed by atoms with Gasteiger partial charge in [-0.3, -0.25) is 4.31 Å². The molecule has 0 aromatic heterocycles. The third-order valence-corrected chi connectivity index (χ3v) is 4.49. The number of hydrogen-bond donors (Lipinski definition) is 1. The second-order valence-electron chi connectivity index (χ2n) is 3.79. The Morgan fingerprint density at radius 2 is 1.94 bits per heavy atom. The lowest BCUT2D eigenvalue weighted by molar-refractivity contribution is 0.594. The van der Waals surface area contributed by atoms with E-state index in [0.717, 1.165) is 11.1 Å². The predicted molar refractivity (Wildman–Crippen MR) is 67.2 cm³/mol. The zero-order valence-corrected chi connectivity index (χ0v) is 10.7. The summed E-state index contributed by atoms with van der Waals surface area (Å²) in [6.07, 6.45) is 0. The van der Waals surface area contributed by atoms with E-state index in [2.05, 4.69) is 0 Å². The quantitative estimate of drug-likeness (QED) is 0.857. The maximum atomic E-state index is 11.8. The molecule has 0 heterocycles. The maximum Gasteiger partial charge on any atom is 0.236 e. The van der Waals surface area contributed by atoms with E-state index in [4.69, 9.17) is 5.73 Å². The summed E-state index contributed by atoms with van der Waals surface area (Å²) >= 11 is 0. The Labute approximate surface area is 97.1 Å². The largest absolute Gasteiger partial charge is 0.329 e. The van der Waals surface area contributed by atoms with Crippen LogP contribution in [0.4, 0.5) is 5.69 Å². The van der Waals surface area contributed by atoms with Gasteiger partial charge in [-0.25, -0.2) is 8.42 Å². The van der Waals surface area contributed by atoms with Crippen molar-refractivity contribution in [2.24, 2.45) is 5.73 Å². The minimum Gasteiger partial charge on any atom is -0.329 e. The molecule has 4 nitrogen and oxygen atoms in total. The van der Waals surface area contributed by atoms with Gasteiger partial charge in [-0.1, -0.05) is 12.1 Å². The molecule has 0 spiro atoms. The van der Waals surface area contributed by atoms with Crippen molar-refractivity contribution in [3.05, 3.63) is 29.3 Å². The van der Waals surface area contributed by atoms with E-state index < -0.39 is 10.0 Å². The van der Waals surface area contributed by atoms with Crippen LogP contribution in [0.1, 0.15) is 11.1 Å². The van der Waals surface area contributed by atoms with Gasteiger partial charge in [0.05, 0.1) is 11.4 Å². The first kappa shape index (κ1) is 13.0. The van der Waals surface area contributed by atoms with Crippen molar-refractivity contribution in [3.8, 4) is 0 Å². The highest BCUT2D eigenvalue weighted by molar-refractivity contribution is 7.92. The fourth-order valence-corrected chi connectivity index (χ4v) is 2.58. The first-order valence-corrected chi connectivity index (χ1v) is 6.74. The van der Waals surface area contributed by atoms with Gasteiger partial charge in [-0.2, -0.15) is 0 Å². The second-order valence-corrected chi connectivity index (χ2v) is 5.91. The van der Waals surface area contributed by atoms with Crippen LogP contribution < -0.4 is 10.0 Å². The number of sulfonamides is 1. The predicted octanol–water partition coefficient (Wildman–Crippen LogP) is 1.03. The summed E-state index contributed by atoms with van der Waals surface area (Å²) in [6, 6.07) is 5.62. The van der Waals surface area contributed by atoms with Crippen molar-refractivity contribution in [2.45, 2.75) is 13.8 Å². The molecule has 16 heavy (non-hydrogen) atoms. The SMILES string of the molecule is Cc1cccc(N(C)S(=O)(=O)CCN)c1C. The Bertz CT molecular complexity index is 469. The Kier molecular flexibility index (Phi) is 3.93. The summed E-state index contributed by atoms with van der Waals surface area (Å²) in [5.41, 5.74) is 8.06. The van der Waals surface area contributed by atoms with Crippen molar-refractivity contribution < 1.29 is 8.42 Å². The number of benzene rings is 1. The summed E-state index contributed by atoms with van der Waals surface area (Å²) in [6.45, 7) is 4.01. The van der Waals surface area contributed by atoms with Gasteiger partial charge in [0.25, 0.3) is 0 Å². The molecule has 0 fully saturated rings. The average molecular weight is 242 g/mol. The first-order chi connectivity index (χ1) is 7.40. The molecule has 0 amide bonds. The van der Waals surface area contributed by atoms with Crippen molar-refractivity contribution in [3.63, 3.8) is 0 Å². The molecule has 1 aromatic rings. The monoisotopic (exact) mass is 242 g/mol. The van der Waals surface area contributed by atoms with E-state index in [1.54, 1.807) is 13.1 Å². The highest BCUT2D eigenvalue weighted by Crippen LogP contribution is 2.23. The van der Waals surface area contributed by atoms with E-state index in [1.165, 1.54) is 4.31 Å². The zero-order valence-electron chi connectivity index (χ0n) is 9.90. The first-order valence-electron chi connectivity index (χ1n) is 5.13. The van der Waals surface area contributed by atoms with Gasteiger partial charge >= 0.3 is 0 Å². The average Bonchev–Trinajstić information content (AvgIpc) is 2.21. The Balaban J connectivity index is 3.15. The van der Waals surface area contributed by atoms with Gasteiger partial charge in [-0.15, -0.1) is 0 Å². The smallest absolute Gasteiger partial charge is 0.236 e. The van der Waals surface area contributed by atoms with E-state index in [-0.39, 0.29) is 12.3 Å². The second kappa shape index (κ2) is 4.84. The minimum atomic E-state index is -3.29. The molecule has 0 unspecified atom stereocenters. The third kappa shape index (κ3) is 2.54. The topological polar surface area (TPSA) is 63.4 Å². The standard InChI is InChI=1S/C11H18N2O2S/c1-9-5-4-6-11(10(9)2)13(3)16(14,15)8-7-12/h4-6H,7-8,12H2,1-3H3. The summed E-state index contributed by atoms with van der Waals surface area (Å²) in [5, 5.41) is 0. The molecule has 0 saturated heterocycles. The number of anilines is 1. The molecule has 0 aliphatic rings. The van der Waals surface area contributed by atoms with Crippen LogP contribution in [0.5, 0.6) is 0 Å². The van der Waals surface area contributed by atoms with Crippen LogP contribution in [0.25, 0.3) is 0 Å². The number of nitrogens with two attached hydrogens (primary N) is 1. The molecule has 0 atom stereocenters. The third-order valence-electron chi connectivity index (χ3n) is 2.71. The van der Waals surface area contributed by atoms with Crippen LogP contribution in [0.3, 0.4) is 0 Å². The van der Waals surface area contributed by atoms with Gasteiger partial charge in [0.1, 0.15) is 0 Å². The molecule has 5 heteroatoms. The number of rotatable bonds is 4. The lowest BCUT2D eigenvalue weighted by Gasteiger charge is -2.21. The molecular weight excluding hydrogens is 224 g/mol. The molecule has 2 N–H and O–H groups in total. The van der Waals surface area contributed by atoms with E-state index in [9.17, 15) is 8.42 Å². The van der Waals surface area contributed by atoms with Crippen LogP contribution in [0.15, 0.2) is 18.2 Å². The Morgan fingerprint density at radius 3 is 2.50 bits per heavy atom. The van der Waals surface area contributed by atoms with E-state index in [0.29, 0.717) is 5.69 Å². The van der Waals surface area contributed by atoms with E-state index >= 15 is 0 Å². The number of aryl methyl sites for hydroxylation is 1. The van der Waals surface area contributed by atoms with E-state index in [1.807, 2.05) is 26.0 Å². The minimum absolute atomic E-state index is 0.0309. The van der Waals surface area contributed by atoms with Crippen molar-refractivity contribution >= 4 is 15.7 Å². The van der Waals surface area contributed by atoms with Crippen molar-refractivity contribution in [1.82, 2.24) is 0 Å². The van der Waals surface area contributed by atoms with Gasteiger partial charge in [0.15, 0.2) is 0 Å². The molecule has 0 bridgehead atoms. The summed E-state index contributed by atoms with van der Waals surface area (Å²) in [4.78, 5) is 0. The molecule has 1 aromatic carbocycles. The summed E-state index contributed by atoms with van der Waals surface area (Å²) < 4.78 is 25.0. The molecule has 1 rings (SSSR count). The molecular formula is C11H18N2O2S. The summed E-state index contributed by atoms with van der Waals surface area (Å²) in [5.74, 6) is -0.0309. The molecule has 0 aliphatic carbocycles. The lowest BCUT2D eigenvalue weighted by Crippen LogP contribution is -2.32. The van der Waals surface area contributed by atoms with Crippen LogP contribution in [-0.4, -0.2) is 27.8 Å². The van der Waals surface area contributed by atoms with Gasteiger partial charge in [0, 0.05) is 13.6 Å². The fourth-order valence-electron chi connectivity index (χ4n) is 1.51. The van der Waals surface area contributed by atoms with Crippen LogP contribution >= 0.6 is 0 Å². The number of nitrogens with zero attached hydrogens (tertiary/aromatic N) is 1. The van der Waals surface area contributed by atoms with Gasteiger partial charge < -0.3 is 5.73 Å². The molecule has 0 saturated carbocycles. The maximum absolute atomic E-state index is 11.8. The van der Waals surface area contributed by atoms with Crippen molar-refractivity contribution in [1.29, 1.82) is 0 Å². The zero-order chi connectivity index (χ0) is 12.3. The molecule has 0 aliphatic heterocycles. The van der Waals surface area contributed by atoms with Crippen molar-refractivity contribution in [2.75, 3.05) is 23.7 Å². The highest BCUT2D eigenvalue weighted by atomic mass is 32.2. The summed E-state index contributed by atoms with van der Waals surface area (Å²) in [7, 11) is -1.73. The lowest BCUT2D eigenvalue weighted by atomic mass is 10.1. The van der Waals surface area contributed by atoms with Crippen LogP contribution in [0, 0.1) is 13.8 Å². The number of hydrogen-bond acceptors (Lipinski definition) is 3. The fraction of sp³-hybridized carbons (Fsp3) is 0.455. The normalized spacial score (nSPS) is 11.5. The molecule has 0 radical (unpaired) electrons. The van der Waals surface area contributed by atoms with Gasteiger partial charge in [-0.05, 0) is 31.0 Å². The Hall–Kier alpha value is -1.07.